The zero-order chi connectivity index (χ0) is 17.6. The number of hydrogen-bond donors (Lipinski definition) is 0. The Balaban J connectivity index is 2.38. The Morgan fingerprint density at radius 2 is 1.96 bits per heavy atom. The van der Waals surface area contributed by atoms with Crippen molar-refractivity contribution >= 4 is 28.6 Å². The maximum atomic E-state index is 12.7. The van der Waals surface area contributed by atoms with Crippen LogP contribution in [0.3, 0.4) is 0 Å². The summed E-state index contributed by atoms with van der Waals surface area (Å²) in [6.45, 7) is 0. The van der Waals surface area contributed by atoms with Crippen molar-refractivity contribution in [2.24, 2.45) is 14.1 Å². The van der Waals surface area contributed by atoms with Crippen LogP contribution < -0.4 is 11.2 Å². The lowest BCUT2D eigenvalue weighted by Crippen LogP contribution is -2.38. The number of nitrogens with zero attached hydrogens (tertiary/aromatic N) is 4. The maximum Gasteiger partial charge on any atom is 0.339 e. The van der Waals surface area contributed by atoms with Crippen LogP contribution in [0, 0.1) is 0 Å². The van der Waals surface area contributed by atoms with E-state index in [4.69, 9.17) is 11.6 Å². The van der Waals surface area contributed by atoms with Crippen molar-refractivity contribution in [2.45, 2.75) is 0 Å². The highest BCUT2D eigenvalue weighted by Crippen LogP contribution is 2.20. The van der Waals surface area contributed by atoms with Crippen LogP contribution in [0.15, 0.2) is 34.0 Å². The van der Waals surface area contributed by atoms with Crippen LogP contribution in [-0.4, -0.2) is 32.0 Å². The van der Waals surface area contributed by atoms with Gasteiger partial charge in [-0.25, -0.2) is 14.2 Å². The van der Waals surface area contributed by atoms with Crippen molar-refractivity contribution in [1.29, 1.82) is 0 Å². The number of rotatable bonds is 2. The molecule has 0 aliphatic heterocycles. The Morgan fingerprint density at radius 3 is 2.62 bits per heavy atom. The monoisotopic (exact) mass is 348 g/mol. The minimum atomic E-state index is -0.658. The average Bonchev–Trinajstić information content (AvgIpc) is 2.96. The van der Waals surface area contributed by atoms with Crippen LogP contribution in [0.4, 0.5) is 0 Å². The predicted molar refractivity (Wildman–Crippen MR) is 87.9 cm³/mol. The highest BCUT2D eigenvalue weighted by atomic mass is 35.5. The van der Waals surface area contributed by atoms with Crippen molar-refractivity contribution in [3.05, 3.63) is 55.8 Å². The first kappa shape index (κ1) is 16.0. The van der Waals surface area contributed by atoms with Crippen LogP contribution in [0.1, 0.15) is 10.4 Å². The summed E-state index contributed by atoms with van der Waals surface area (Å²) in [5.74, 6) is -0.658. The summed E-state index contributed by atoms with van der Waals surface area (Å²) >= 11 is 5.98. The predicted octanol–water partition coefficient (Wildman–Crippen LogP) is 0.863. The van der Waals surface area contributed by atoms with Crippen molar-refractivity contribution in [3.63, 3.8) is 0 Å². The van der Waals surface area contributed by atoms with Gasteiger partial charge in [-0.05, 0) is 18.2 Å². The van der Waals surface area contributed by atoms with E-state index in [9.17, 15) is 14.4 Å². The highest BCUT2D eigenvalue weighted by molar-refractivity contribution is 6.33. The molecule has 0 aliphatic rings. The number of hydrogen-bond acceptors (Lipinski definition) is 5. The number of benzene rings is 1. The fourth-order valence-electron chi connectivity index (χ4n) is 2.57. The number of fused-ring (bicyclic) bond motifs is 1. The van der Waals surface area contributed by atoms with E-state index in [0.29, 0.717) is 5.65 Å². The molecule has 0 atom stereocenters. The van der Waals surface area contributed by atoms with Crippen LogP contribution >= 0.6 is 11.6 Å². The smallest absolute Gasteiger partial charge is 0.339 e. The summed E-state index contributed by atoms with van der Waals surface area (Å²) in [6.07, 6.45) is 1.39. The van der Waals surface area contributed by atoms with Gasteiger partial charge in [-0.15, -0.1) is 0 Å². The Morgan fingerprint density at radius 1 is 1.25 bits per heavy atom. The third-order valence-corrected chi connectivity index (χ3v) is 4.08. The number of halogens is 1. The van der Waals surface area contributed by atoms with E-state index in [-0.39, 0.29) is 21.7 Å². The van der Waals surface area contributed by atoms with E-state index in [1.54, 1.807) is 14.1 Å². The summed E-state index contributed by atoms with van der Waals surface area (Å²) < 4.78 is 8.39. The zero-order valence-corrected chi connectivity index (χ0v) is 13.9. The van der Waals surface area contributed by atoms with Gasteiger partial charge in [0.05, 0.1) is 29.6 Å². The number of aromatic nitrogens is 4. The average molecular weight is 349 g/mol. The largest absolute Gasteiger partial charge is 0.465 e. The van der Waals surface area contributed by atoms with Gasteiger partial charge in [0.25, 0.3) is 5.56 Å². The molecule has 0 saturated carbocycles. The molecule has 24 heavy (non-hydrogen) atoms. The van der Waals surface area contributed by atoms with Gasteiger partial charge >= 0.3 is 11.7 Å². The summed E-state index contributed by atoms with van der Waals surface area (Å²) in [6, 6.07) is 4.27. The number of methoxy groups -OCH3 is 1. The third-order valence-electron chi connectivity index (χ3n) is 3.75. The van der Waals surface area contributed by atoms with E-state index in [1.807, 2.05) is 0 Å². The molecule has 124 valence electrons. The molecular formula is C15H13ClN4O4. The zero-order valence-electron chi connectivity index (χ0n) is 13.1. The highest BCUT2D eigenvalue weighted by Gasteiger charge is 2.18. The first-order valence-electron chi connectivity index (χ1n) is 6.88. The van der Waals surface area contributed by atoms with Crippen LogP contribution in [0.25, 0.3) is 16.7 Å². The fourth-order valence-corrected chi connectivity index (χ4v) is 2.77. The molecule has 0 bridgehead atoms. The molecular weight excluding hydrogens is 336 g/mol. The number of carbonyl (C=O) groups excluding carboxylic acids is 1. The molecule has 0 spiro atoms. The van der Waals surface area contributed by atoms with Gasteiger partial charge in [0.2, 0.25) is 0 Å². The summed E-state index contributed by atoms with van der Waals surface area (Å²) in [5, 5.41) is 4.47. The topological polar surface area (TPSA) is 88.1 Å². The Labute approximate surface area is 140 Å². The molecule has 0 saturated heterocycles. The molecule has 3 aromatic rings. The van der Waals surface area contributed by atoms with Gasteiger partial charge in [-0.3, -0.25) is 14.0 Å². The molecule has 0 radical (unpaired) electrons. The second-order valence-corrected chi connectivity index (χ2v) is 5.55. The van der Waals surface area contributed by atoms with E-state index in [2.05, 4.69) is 9.84 Å². The fraction of sp³-hybridized carbons (Fsp3) is 0.200. The second-order valence-electron chi connectivity index (χ2n) is 5.14. The lowest BCUT2D eigenvalue weighted by atomic mass is 10.2. The Kier molecular flexibility index (Phi) is 3.76. The molecule has 9 heteroatoms. The SMILES string of the molecule is COC(=O)c1cc(-n2c(=O)c3cnn(C)c3n(C)c2=O)ccc1Cl. The van der Waals surface area contributed by atoms with Crippen molar-refractivity contribution in [3.8, 4) is 5.69 Å². The molecule has 2 aromatic heterocycles. The molecule has 2 heterocycles. The minimum Gasteiger partial charge on any atom is -0.465 e. The first-order chi connectivity index (χ1) is 11.4. The van der Waals surface area contributed by atoms with Gasteiger partial charge in [0, 0.05) is 14.1 Å². The van der Waals surface area contributed by atoms with Crippen LogP contribution in [-0.2, 0) is 18.8 Å². The van der Waals surface area contributed by atoms with E-state index in [0.717, 1.165) is 4.57 Å². The quantitative estimate of drug-likeness (QED) is 0.641. The molecule has 0 fully saturated rings. The minimum absolute atomic E-state index is 0.0666. The second kappa shape index (κ2) is 5.64. The van der Waals surface area contributed by atoms with Gasteiger partial charge in [0.15, 0.2) is 0 Å². The normalized spacial score (nSPS) is 11.0. The summed E-state index contributed by atoms with van der Waals surface area (Å²) in [5.41, 5.74) is -0.398. The van der Waals surface area contributed by atoms with Gasteiger partial charge in [-0.2, -0.15) is 5.10 Å². The van der Waals surface area contributed by atoms with E-state index in [1.165, 1.54) is 40.8 Å². The number of carbonyl (C=O) groups is 1. The Bertz CT molecular complexity index is 1090. The van der Waals surface area contributed by atoms with Crippen LogP contribution in [0.5, 0.6) is 0 Å². The molecule has 0 amide bonds. The summed E-state index contributed by atoms with van der Waals surface area (Å²) in [7, 11) is 4.40. The molecule has 8 nitrogen and oxygen atoms in total. The van der Waals surface area contributed by atoms with Crippen LogP contribution in [0.2, 0.25) is 5.02 Å². The first-order valence-corrected chi connectivity index (χ1v) is 7.26. The van der Waals surface area contributed by atoms with Crippen molar-refractivity contribution < 1.29 is 9.53 Å². The third kappa shape index (κ3) is 2.23. The molecule has 0 N–H and O–H groups in total. The number of esters is 1. The van der Waals surface area contributed by atoms with Crippen molar-refractivity contribution in [2.75, 3.05) is 7.11 Å². The molecule has 1 aromatic carbocycles. The number of ether oxygens (including phenoxy) is 1. The Hall–Kier alpha value is -2.87. The molecule has 3 rings (SSSR count). The van der Waals surface area contributed by atoms with Gasteiger partial charge in [0.1, 0.15) is 11.0 Å². The van der Waals surface area contributed by atoms with Gasteiger partial charge < -0.3 is 4.74 Å². The molecule has 0 unspecified atom stereocenters. The lowest BCUT2D eigenvalue weighted by Gasteiger charge is -2.11. The van der Waals surface area contributed by atoms with Gasteiger partial charge in [-0.1, -0.05) is 11.6 Å². The van der Waals surface area contributed by atoms with E-state index >= 15 is 0 Å². The summed E-state index contributed by atoms with van der Waals surface area (Å²) in [4.78, 5) is 37.1. The maximum absolute atomic E-state index is 12.7. The molecule has 0 aliphatic carbocycles. The number of aryl methyl sites for hydroxylation is 2. The van der Waals surface area contributed by atoms with Crippen molar-refractivity contribution in [1.82, 2.24) is 18.9 Å². The lowest BCUT2D eigenvalue weighted by molar-refractivity contribution is 0.0601. The standard InChI is InChI=1S/C15H13ClN4O4/c1-18-12-10(7-17-19(12)2)13(21)20(15(18)23)8-4-5-11(16)9(6-8)14(22)24-3/h4-7H,1-3H3. The van der Waals surface area contributed by atoms with E-state index < -0.39 is 17.2 Å².